The molecule has 1 unspecified atom stereocenters. The van der Waals surface area contributed by atoms with E-state index in [2.05, 4.69) is 4.98 Å². The number of hydrogen-bond donors (Lipinski definition) is 1. The van der Waals surface area contributed by atoms with Crippen LogP contribution in [0.5, 0.6) is 5.75 Å². The van der Waals surface area contributed by atoms with Crippen LogP contribution in [0.15, 0.2) is 48.7 Å². The maximum atomic E-state index is 10.6. The van der Waals surface area contributed by atoms with E-state index in [1.807, 2.05) is 42.5 Å². The molecular formula is C15H17NO2. The maximum absolute atomic E-state index is 10.6. The van der Waals surface area contributed by atoms with Crippen molar-refractivity contribution in [3.63, 3.8) is 0 Å². The number of methoxy groups -OCH3 is 1. The number of aliphatic hydroxyl groups is 1. The van der Waals surface area contributed by atoms with Crippen molar-refractivity contribution in [2.45, 2.75) is 18.9 Å². The highest BCUT2D eigenvalue weighted by molar-refractivity contribution is 5.38. The quantitative estimate of drug-likeness (QED) is 0.897. The number of hydrogen-bond acceptors (Lipinski definition) is 3. The highest BCUT2D eigenvalue weighted by Gasteiger charge is 2.27. The largest absolute Gasteiger partial charge is 0.496 e. The Labute approximate surface area is 107 Å². The van der Waals surface area contributed by atoms with Crippen LogP contribution in [0.4, 0.5) is 0 Å². The van der Waals surface area contributed by atoms with Crippen LogP contribution in [-0.4, -0.2) is 17.2 Å². The summed E-state index contributed by atoms with van der Waals surface area (Å²) in [6, 6.07) is 13.2. The second-order valence-corrected chi connectivity index (χ2v) is 4.47. The van der Waals surface area contributed by atoms with E-state index in [1.165, 1.54) is 0 Å². The van der Waals surface area contributed by atoms with Gasteiger partial charge in [-0.25, -0.2) is 0 Å². The molecule has 94 valence electrons. The number of benzene rings is 1. The minimum absolute atomic E-state index is 0.453. The summed E-state index contributed by atoms with van der Waals surface area (Å²) in [5.41, 5.74) is 0.632. The van der Waals surface area contributed by atoms with Crippen LogP contribution in [0.1, 0.15) is 18.2 Å². The molecular weight excluding hydrogens is 226 g/mol. The molecule has 0 fully saturated rings. The smallest absolute Gasteiger partial charge is 0.124 e. The van der Waals surface area contributed by atoms with Crippen LogP contribution in [0.25, 0.3) is 0 Å². The van der Waals surface area contributed by atoms with Crippen molar-refractivity contribution < 1.29 is 9.84 Å². The first kappa shape index (κ1) is 12.6. The van der Waals surface area contributed by atoms with Gasteiger partial charge in [-0.2, -0.15) is 0 Å². The van der Waals surface area contributed by atoms with Crippen molar-refractivity contribution >= 4 is 0 Å². The summed E-state index contributed by atoms with van der Waals surface area (Å²) in [6.07, 6.45) is 2.18. The molecule has 3 heteroatoms. The SMILES string of the molecule is COc1ccccc1C(C)(O)Cc1ccccn1. The zero-order valence-corrected chi connectivity index (χ0v) is 10.6. The number of rotatable bonds is 4. The van der Waals surface area contributed by atoms with Gasteiger partial charge in [0.25, 0.3) is 0 Å². The monoisotopic (exact) mass is 243 g/mol. The molecule has 0 spiro atoms. The van der Waals surface area contributed by atoms with Crippen molar-refractivity contribution in [3.8, 4) is 5.75 Å². The van der Waals surface area contributed by atoms with Gasteiger partial charge in [-0.15, -0.1) is 0 Å². The van der Waals surface area contributed by atoms with Crippen molar-refractivity contribution in [1.82, 2.24) is 4.98 Å². The third-order valence-electron chi connectivity index (χ3n) is 2.94. The van der Waals surface area contributed by atoms with Crippen molar-refractivity contribution in [2.75, 3.05) is 7.11 Å². The molecule has 3 nitrogen and oxygen atoms in total. The Morgan fingerprint density at radius 1 is 1.17 bits per heavy atom. The van der Waals surface area contributed by atoms with Crippen LogP contribution >= 0.6 is 0 Å². The van der Waals surface area contributed by atoms with Gasteiger partial charge in [-0.1, -0.05) is 24.3 Å². The van der Waals surface area contributed by atoms with Crippen LogP contribution in [-0.2, 0) is 12.0 Å². The molecule has 18 heavy (non-hydrogen) atoms. The minimum Gasteiger partial charge on any atom is -0.496 e. The number of ether oxygens (including phenoxy) is 1. The molecule has 0 amide bonds. The van der Waals surface area contributed by atoms with Crippen molar-refractivity contribution in [2.24, 2.45) is 0 Å². The van der Waals surface area contributed by atoms with Gasteiger partial charge in [0.2, 0.25) is 0 Å². The molecule has 1 heterocycles. The summed E-state index contributed by atoms with van der Waals surface area (Å²) in [5, 5.41) is 10.6. The lowest BCUT2D eigenvalue weighted by atomic mass is 9.90. The predicted molar refractivity (Wildman–Crippen MR) is 70.5 cm³/mol. The van der Waals surface area contributed by atoms with E-state index < -0.39 is 5.60 Å². The molecule has 0 aliphatic rings. The summed E-state index contributed by atoms with van der Waals surface area (Å²) in [5.74, 6) is 0.693. The first-order chi connectivity index (χ1) is 8.63. The number of pyridine rings is 1. The molecule has 0 bridgehead atoms. The van der Waals surface area contributed by atoms with E-state index in [1.54, 1.807) is 20.2 Å². The van der Waals surface area contributed by atoms with Crippen LogP contribution in [0, 0.1) is 0 Å². The van der Waals surface area contributed by atoms with Gasteiger partial charge in [-0.3, -0.25) is 4.98 Å². The van der Waals surface area contributed by atoms with Gasteiger partial charge in [0.15, 0.2) is 0 Å². The Morgan fingerprint density at radius 2 is 1.89 bits per heavy atom. The number of aromatic nitrogens is 1. The van der Waals surface area contributed by atoms with Gasteiger partial charge in [0.05, 0.1) is 12.7 Å². The zero-order valence-electron chi connectivity index (χ0n) is 10.6. The lowest BCUT2D eigenvalue weighted by Crippen LogP contribution is -2.25. The van der Waals surface area contributed by atoms with E-state index in [0.717, 1.165) is 11.3 Å². The second-order valence-electron chi connectivity index (χ2n) is 4.47. The fourth-order valence-corrected chi connectivity index (χ4v) is 2.04. The molecule has 1 atom stereocenters. The molecule has 0 aliphatic heterocycles. The zero-order chi connectivity index (χ0) is 13.0. The van der Waals surface area contributed by atoms with Crippen molar-refractivity contribution in [1.29, 1.82) is 0 Å². The summed E-state index contributed by atoms with van der Waals surface area (Å²) >= 11 is 0. The summed E-state index contributed by atoms with van der Waals surface area (Å²) in [4.78, 5) is 4.24. The van der Waals surface area contributed by atoms with Gasteiger partial charge < -0.3 is 9.84 Å². The molecule has 0 aliphatic carbocycles. The number of nitrogens with zero attached hydrogens (tertiary/aromatic N) is 1. The van der Waals surface area contributed by atoms with E-state index in [4.69, 9.17) is 4.74 Å². The third-order valence-corrected chi connectivity index (χ3v) is 2.94. The number of para-hydroxylation sites is 1. The first-order valence-electron chi connectivity index (χ1n) is 5.89. The van der Waals surface area contributed by atoms with Gasteiger partial charge in [-0.05, 0) is 25.1 Å². The highest BCUT2D eigenvalue weighted by Crippen LogP contribution is 2.31. The van der Waals surface area contributed by atoms with Gasteiger partial charge in [0, 0.05) is 23.9 Å². The van der Waals surface area contributed by atoms with E-state index >= 15 is 0 Å². The summed E-state index contributed by atoms with van der Waals surface area (Å²) < 4.78 is 5.29. The van der Waals surface area contributed by atoms with Gasteiger partial charge >= 0.3 is 0 Å². The Bertz CT molecular complexity index is 509. The summed E-state index contributed by atoms with van der Waals surface area (Å²) in [7, 11) is 1.61. The van der Waals surface area contributed by atoms with Crippen LogP contribution in [0.3, 0.4) is 0 Å². The maximum Gasteiger partial charge on any atom is 0.124 e. The predicted octanol–water partition coefficient (Wildman–Crippen LogP) is 2.54. The fourth-order valence-electron chi connectivity index (χ4n) is 2.04. The Kier molecular flexibility index (Phi) is 3.63. The van der Waals surface area contributed by atoms with Crippen LogP contribution < -0.4 is 4.74 Å². The topological polar surface area (TPSA) is 42.4 Å². The summed E-state index contributed by atoms with van der Waals surface area (Å²) in [6.45, 7) is 1.78. The lowest BCUT2D eigenvalue weighted by molar-refractivity contribution is 0.0539. The van der Waals surface area contributed by atoms with Crippen molar-refractivity contribution in [3.05, 3.63) is 59.9 Å². The Hall–Kier alpha value is -1.87. The van der Waals surface area contributed by atoms with E-state index in [9.17, 15) is 5.11 Å². The molecule has 0 radical (unpaired) electrons. The standard InChI is InChI=1S/C15H17NO2/c1-15(17,11-12-7-5-6-10-16-12)13-8-3-4-9-14(13)18-2/h3-10,17H,11H2,1-2H3. The average molecular weight is 243 g/mol. The molecule has 2 aromatic rings. The first-order valence-corrected chi connectivity index (χ1v) is 5.89. The second kappa shape index (κ2) is 5.19. The lowest BCUT2D eigenvalue weighted by Gasteiger charge is -2.25. The average Bonchev–Trinajstić information content (AvgIpc) is 2.39. The van der Waals surface area contributed by atoms with E-state index in [-0.39, 0.29) is 0 Å². The van der Waals surface area contributed by atoms with E-state index in [0.29, 0.717) is 12.2 Å². The molecule has 0 saturated carbocycles. The third kappa shape index (κ3) is 2.68. The molecule has 1 aromatic carbocycles. The fraction of sp³-hybridized carbons (Fsp3) is 0.267. The van der Waals surface area contributed by atoms with Crippen LogP contribution in [0.2, 0.25) is 0 Å². The van der Waals surface area contributed by atoms with Gasteiger partial charge in [0.1, 0.15) is 5.75 Å². The normalized spacial score (nSPS) is 13.9. The molecule has 2 rings (SSSR count). The Balaban J connectivity index is 2.30. The molecule has 1 N–H and O–H groups in total. The minimum atomic E-state index is -0.999. The Morgan fingerprint density at radius 3 is 2.56 bits per heavy atom. The molecule has 1 aromatic heterocycles. The highest BCUT2D eigenvalue weighted by atomic mass is 16.5. The molecule has 0 saturated heterocycles.